The molecule has 0 radical (unpaired) electrons. The first-order chi connectivity index (χ1) is 15.6. The van der Waals surface area contributed by atoms with Gasteiger partial charge in [-0.15, -0.1) is 0 Å². The molecule has 0 N–H and O–H groups in total. The van der Waals surface area contributed by atoms with Crippen molar-refractivity contribution in [2.75, 3.05) is 33.3 Å². The number of amides is 1. The Morgan fingerprint density at radius 1 is 1.12 bits per heavy atom. The highest BCUT2D eigenvalue weighted by Gasteiger charge is 2.38. The Bertz CT molecular complexity index is 1050. The van der Waals surface area contributed by atoms with E-state index >= 15 is 0 Å². The zero-order chi connectivity index (χ0) is 22.5. The molecule has 4 rings (SSSR count). The summed E-state index contributed by atoms with van der Waals surface area (Å²) in [4.78, 5) is 17.1. The number of allylic oxidation sites excluding steroid dienone is 1. The van der Waals surface area contributed by atoms with Crippen LogP contribution in [0.3, 0.4) is 0 Å². The van der Waals surface area contributed by atoms with Gasteiger partial charge in [0, 0.05) is 18.9 Å². The maximum atomic E-state index is 13.1. The number of carbonyl (C=O) groups excluding carboxylic acids is 1. The van der Waals surface area contributed by atoms with E-state index in [-0.39, 0.29) is 18.2 Å². The summed E-state index contributed by atoms with van der Waals surface area (Å²) in [6, 6.07) is 18.4. The van der Waals surface area contributed by atoms with Crippen molar-refractivity contribution in [1.82, 2.24) is 9.80 Å². The van der Waals surface area contributed by atoms with Crippen molar-refractivity contribution in [3.8, 4) is 17.6 Å². The molecule has 2 aromatic carbocycles. The average molecular weight is 450 g/mol. The third kappa shape index (κ3) is 4.62. The van der Waals surface area contributed by atoms with Crippen LogP contribution in [0.1, 0.15) is 29.9 Å². The average Bonchev–Trinajstić information content (AvgIpc) is 2.84. The van der Waals surface area contributed by atoms with Crippen molar-refractivity contribution in [3.63, 3.8) is 0 Å². The largest absolute Gasteiger partial charge is 0.493 e. The van der Waals surface area contributed by atoms with Crippen LogP contribution < -0.4 is 9.47 Å². The summed E-state index contributed by atoms with van der Waals surface area (Å²) in [5, 5.41) is 10.8. The lowest BCUT2D eigenvalue weighted by atomic mass is 9.86. The number of benzene rings is 2. The van der Waals surface area contributed by atoms with Crippen LogP contribution in [0, 0.1) is 11.3 Å². The Kier molecular flexibility index (Phi) is 7.03. The summed E-state index contributed by atoms with van der Waals surface area (Å²) >= 11 is 1.59. The number of nitriles is 1. The van der Waals surface area contributed by atoms with Gasteiger partial charge in [0.2, 0.25) is 5.91 Å². The molecular weight excluding hydrogens is 422 g/mol. The molecule has 1 atom stereocenters. The van der Waals surface area contributed by atoms with E-state index in [2.05, 4.69) is 35.2 Å². The van der Waals surface area contributed by atoms with E-state index in [1.807, 2.05) is 24.3 Å². The smallest absolute Gasteiger partial charge is 0.229 e. The number of ether oxygens (including phenoxy) is 2. The van der Waals surface area contributed by atoms with E-state index < -0.39 is 0 Å². The highest BCUT2D eigenvalue weighted by Crippen LogP contribution is 2.44. The van der Waals surface area contributed by atoms with Crippen molar-refractivity contribution in [2.45, 2.75) is 25.2 Å². The number of thioether (sulfide) groups is 1. The molecule has 166 valence electrons. The molecule has 2 heterocycles. The van der Waals surface area contributed by atoms with Gasteiger partial charge in [0.15, 0.2) is 11.5 Å². The van der Waals surface area contributed by atoms with Gasteiger partial charge in [-0.2, -0.15) is 5.26 Å². The molecular formula is C25H27N3O3S. The lowest BCUT2D eigenvalue weighted by Gasteiger charge is -2.41. The highest BCUT2D eigenvalue weighted by molar-refractivity contribution is 8.03. The molecule has 0 aromatic heterocycles. The number of aryl methyl sites for hydroxylation is 1. The number of nitrogens with zero attached hydrogens (tertiary/aromatic N) is 3. The summed E-state index contributed by atoms with van der Waals surface area (Å²) in [5.41, 5.74) is 2.88. The molecule has 1 amide bonds. The first-order valence-electron chi connectivity index (χ1n) is 10.7. The first kappa shape index (κ1) is 22.3. The SMILES string of the molecule is COc1ccc([C@@H]2CC(=O)N3CN(CCCc4ccccc4)CSC3=C2C#N)cc1OC. The van der Waals surface area contributed by atoms with Crippen molar-refractivity contribution < 1.29 is 14.3 Å². The summed E-state index contributed by atoms with van der Waals surface area (Å²) in [5.74, 6) is 1.79. The topological polar surface area (TPSA) is 65.8 Å². The molecule has 32 heavy (non-hydrogen) atoms. The highest BCUT2D eigenvalue weighted by atomic mass is 32.2. The summed E-state index contributed by atoms with van der Waals surface area (Å²) in [6.07, 6.45) is 2.33. The van der Waals surface area contributed by atoms with E-state index in [0.717, 1.165) is 35.9 Å². The number of rotatable bonds is 7. The van der Waals surface area contributed by atoms with Crippen LogP contribution in [0.15, 0.2) is 59.1 Å². The fraction of sp³-hybridized carbons (Fsp3) is 0.360. The minimum atomic E-state index is -0.268. The van der Waals surface area contributed by atoms with Gasteiger partial charge in [-0.05, 0) is 36.1 Å². The van der Waals surface area contributed by atoms with E-state index in [0.29, 0.717) is 23.7 Å². The van der Waals surface area contributed by atoms with Crippen molar-refractivity contribution in [2.24, 2.45) is 0 Å². The van der Waals surface area contributed by atoms with Gasteiger partial charge in [0.05, 0.1) is 43.4 Å². The van der Waals surface area contributed by atoms with Crippen LogP contribution in [0.4, 0.5) is 0 Å². The molecule has 1 fully saturated rings. The fourth-order valence-corrected chi connectivity index (χ4v) is 5.43. The predicted octanol–water partition coefficient (Wildman–Crippen LogP) is 4.35. The lowest BCUT2D eigenvalue weighted by Crippen LogP contribution is -2.47. The van der Waals surface area contributed by atoms with Gasteiger partial charge in [-0.1, -0.05) is 48.2 Å². The number of fused-ring (bicyclic) bond motifs is 1. The van der Waals surface area contributed by atoms with Gasteiger partial charge < -0.3 is 9.47 Å². The Morgan fingerprint density at radius 2 is 1.91 bits per heavy atom. The van der Waals surface area contributed by atoms with Crippen LogP contribution in [0.25, 0.3) is 0 Å². The number of hydrogen-bond acceptors (Lipinski definition) is 6. The second kappa shape index (κ2) is 10.1. The maximum Gasteiger partial charge on any atom is 0.229 e. The number of carbonyl (C=O) groups is 1. The summed E-state index contributed by atoms with van der Waals surface area (Å²) in [6.45, 7) is 1.46. The quantitative estimate of drug-likeness (QED) is 0.626. The van der Waals surface area contributed by atoms with Crippen LogP contribution in [0.2, 0.25) is 0 Å². The third-order valence-electron chi connectivity index (χ3n) is 5.94. The lowest BCUT2D eigenvalue weighted by molar-refractivity contribution is -0.131. The Hall–Kier alpha value is -2.95. The zero-order valence-corrected chi connectivity index (χ0v) is 19.2. The Balaban J connectivity index is 1.48. The van der Waals surface area contributed by atoms with Gasteiger partial charge >= 0.3 is 0 Å². The van der Waals surface area contributed by atoms with Crippen molar-refractivity contribution in [1.29, 1.82) is 5.26 Å². The maximum absolute atomic E-state index is 13.1. The normalized spacial score (nSPS) is 18.8. The molecule has 0 aliphatic carbocycles. The summed E-state index contributed by atoms with van der Waals surface area (Å²) < 4.78 is 10.7. The van der Waals surface area contributed by atoms with Crippen LogP contribution in [-0.2, 0) is 11.2 Å². The van der Waals surface area contributed by atoms with E-state index in [4.69, 9.17) is 9.47 Å². The number of methoxy groups -OCH3 is 2. The van der Waals surface area contributed by atoms with Gasteiger partial charge in [-0.25, -0.2) is 0 Å². The van der Waals surface area contributed by atoms with E-state index in [9.17, 15) is 10.1 Å². The molecule has 6 nitrogen and oxygen atoms in total. The third-order valence-corrected chi connectivity index (χ3v) is 7.15. The zero-order valence-electron chi connectivity index (χ0n) is 18.4. The molecule has 0 bridgehead atoms. The molecule has 7 heteroatoms. The molecule has 2 aliphatic heterocycles. The van der Waals surface area contributed by atoms with Gasteiger partial charge in [-0.3, -0.25) is 14.6 Å². The molecule has 2 aromatic rings. The van der Waals surface area contributed by atoms with Crippen LogP contribution in [-0.4, -0.2) is 49.0 Å². The first-order valence-corrected chi connectivity index (χ1v) is 11.7. The fourth-order valence-electron chi connectivity index (χ4n) is 4.25. The molecule has 0 saturated carbocycles. The molecule has 1 saturated heterocycles. The second-order valence-electron chi connectivity index (χ2n) is 7.92. The van der Waals surface area contributed by atoms with Gasteiger partial charge in [0.25, 0.3) is 0 Å². The van der Waals surface area contributed by atoms with Crippen molar-refractivity contribution >= 4 is 17.7 Å². The van der Waals surface area contributed by atoms with Crippen LogP contribution in [0.5, 0.6) is 11.5 Å². The molecule has 0 unspecified atom stereocenters. The van der Waals surface area contributed by atoms with E-state index in [1.54, 1.807) is 30.9 Å². The summed E-state index contributed by atoms with van der Waals surface area (Å²) in [7, 11) is 3.18. The Morgan fingerprint density at radius 3 is 2.62 bits per heavy atom. The van der Waals surface area contributed by atoms with Crippen molar-refractivity contribution in [3.05, 3.63) is 70.3 Å². The monoisotopic (exact) mass is 449 g/mol. The minimum absolute atomic E-state index is 0.0547. The predicted molar refractivity (Wildman–Crippen MR) is 125 cm³/mol. The Labute approximate surface area is 193 Å². The second-order valence-corrected chi connectivity index (χ2v) is 8.86. The van der Waals surface area contributed by atoms with E-state index in [1.165, 1.54) is 5.56 Å². The minimum Gasteiger partial charge on any atom is -0.493 e. The van der Waals surface area contributed by atoms with Gasteiger partial charge in [0.1, 0.15) is 0 Å². The molecule has 2 aliphatic rings. The molecule has 0 spiro atoms. The number of hydrogen-bond donors (Lipinski definition) is 0. The van der Waals surface area contributed by atoms with Crippen LogP contribution >= 0.6 is 11.8 Å². The standard InChI is InChI=1S/C25H27N3O3S/c1-30-22-11-10-19(13-23(22)31-2)20-14-24(29)28-16-27(17-32-25(28)21(20)15-26)12-6-9-18-7-4-3-5-8-18/h3-5,7-8,10-11,13,20H,6,9,12,14,16-17H2,1-2H3/t20-/m0/s1.